The van der Waals surface area contributed by atoms with E-state index < -0.39 is 0 Å². The van der Waals surface area contributed by atoms with E-state index in [1.165, 1.54) is 12.8 Å². The molecule has 0 aliphatic rings. The lowest BCUT2D eigenvalue weighted by Gasteiger charge is -2.16. The van der Waals surface area contributed by atoms with Crippen LogP contribution in [0.5, 0.6) is 11.5 Å². The first-order valence-electron chi connectivity index (χ1n) is 9.92. The summed E-state index contributed by atoms with van der Waals surface area (Å²) in [5.41, 5.74) is 1.64. The van der Waals surface area contributed by atoms with Crippen LogP contribution in [-0.4, -0.2) is 16.5 Å². The molecule has 3 nitrogen and oxygen atoms in total. The molecule has 0 unspecified atom stereocenters. The van der Waals surface area contributed by atoms with E-state index in [1.54, 1.807) is 6.07 Å². The second-order valence-electron chi connectivity index (χ2n) is 7.84. The zero-order chi connectivity index (χ0) is 18.8. The number of rotatable bonds is 12. The number of carbonyl (C=O) groups is 1. The van der Waals surface area contributed by atoms with Gasteiger partial charge in [-0.05, 0) is 49.1 Å². The van der Waals surface area contributed by atoms with Crippen molar-refractivity contribution in [2.75, 3.05) is 0 Å². The number of benzene rings is 1. The lowest BCUT2D eigenvalue weighted by atomic mass is 9.91. The molecule has 0 saturated heterocycles. The summed E-state index contributed by atoms with van der Waals surface area (Å²) in [5, 5.41) is 20.8. The van der Waals surface area contributed by atoms with Crippen molar-refractivity contribution in [3.63, 3.8) is 0 Å². The van der Waals surface area contributed by atoms with E-state index in [4.69, 9.17) is 0 Å². The molecule has 0 aliphatic heterocycles. The van der Waals surface area contributed by atoms with Crippen LogP contribution in [0.2, 0.25) is 0 Å². The highest BCUT2D eigenvalue weighted by Gasteiger charge is 2.17. The molecule has 0 heterocycles. The topological polar surface area (TPSA) is 57.5 Å². The molecule has 1 rings (SSSR count). The maximum atomic E-state index is 11.4. The van der Waals surface area contributed by atoms with E-state index in [0.29, 0.717) is 23.5 Å². The number of aromatic hydroxyl groups is 2. The van der Waals surface area contributed by atoms with E-state index in [-0.39, 0.29) is 11.5 Å². The molecule has 1 atom stereocenters. The molecule has 1 aromatic rings. The summed E-state index contributed by atoms with van der Waals surface area (Å²) in [4.78, 5) is 11.4. The number of phenolic OH excluding ortho intramolecular Hbond substituents is 2. The zero-order valence-electron chi connectivity index (χ0n) is 16.5. The Bertz CT molecular complexity index is 535. The van der Waals surface area contributed by atoms with Gasteiger partial charge in [0, 0.05) is 5.56 Å². The fourth-order valence-electron chi connectivity index (χ4n) is 3.33. The average molecular weight is 349 g/mol. The summed E-state index contributed by atoms with van der Waals surface area (Å²) in [5.74, 6) is 1.39. The molecule has 1 aromatic carbocycles. The maximum absolute atomic E-state index is 11.4. The monoisotopic (exact) mass is 348 g/mol. The minimum atomic E-state index is -0.0177. The SMILES string of the molecule is CCCCCc1cc(O)c(CC[C@H](C)CCCC(C)C)c(O)c1C=O. The average Bonchev–Trinajstić information content (AvgIpc) is 2.54. The Morgan fingerprint density at radius 2 is 1.72 bits per heavy atom. The van der Waals surface area contributed by atoms with Gasteiger partial charge in [0.05, 0.1) is 5.56 Å². The molecule has 0 saturated carbocycles. The smallest absolute Gasteiger partial charge is 0.154 e. The van der Waals surface area contributed by atoms with Gasteiger partial charge in [0.1, 0.15) is 11.5 Å². The molecule has 0 radical (unpaired) electrons. The summed E-state index contributed by atoms with van der Waals surface area (Å²) in [6.07, 6.45) is 9.72. The molecule has 2 N–H and O–H groups in total. The fourth-order valence-corrected chi connectivity index (χ4v) is 3.33. The highest BCUT2D eigenvalue weighted by molar-refractivity contribution is 5.83. The number of unbranched alkanes of at least 4 members (excludes halogenated alkanes) is 2. The second-order valence-corrected chi connectivity index (χ2v) is 7.84. The Morgan fingerprint density at radius 3 is 2.32 bits per heavy atom. The predicted octanol–water partition coefficient (Wildman–Crippen LogP) is 6.04. The number of phenols is 2. The Hall–Kier alpha value is -1.51. The minimum absolute atomic E-state index is 0.0177. The Kier molecular flexibility index (Phi) is 9.62. The Labute approximate surface area is 153 Å². The maximum Gasteiger partial charge on any atom is 0.154 e. The highest BCUT2D eigenvalue weighted by Crippen LogP contribution is 2.35. The van der Waals surface area contributed by atoms with Crippen molar-refractivity contribution in [1.82, 2.24) is 0 Å². The lowest BCUT2D eigenvalue weighted by molar-refractivity contribution is 0.112. The van der Waals surface area contributed by atoms with Gasteiger partial charge < -0.3 is 10.2 Å². The van der Waals surface area contributed by atoms with Gasteiger partial charge in [-0.2, -0.15) is 0 Å². The number of hydrogen-bond donors (Lipinski definition) is 2. The van der Waals surface area contributed by atoms with Gasteiger partial charge in [-0.25, -0.2) is 0 Å². The van der Waals surface area contributed by atoms with Crippen LogP contribution in [0, 0.1) is 11.8 Å². The van der Waals surface area contributed by atoms with Gasteiger partial charge in [-0.3, -0.25) is 4.79 Å². The Balaban J connectivity index is 2.74. The van der Waals surface area contributed by atoms with Crippen LogP contribution in [0.4, 0.5) is 0 Å². The van der Waals surface area contributed by atoms with Gasteiger partial charge in [-0.15, -0.1) is 0 Å². The van der Waals surface area contributed by atoms with Gasteiger partial charge in [0.2, 0.25) is 0 Å². The van der Waals surface area contributed by atoms with Crippen LogP contribution < -0.4 is 0 Å². The van der Waals surface area contributed by atoms with E-state index in [0.717, 1.165) is 56.3 Å². The van der Waals surface area contributed by atoms with E-state index in [2.05, 4.69) is 27.7 Å². The normalized spacial score (nSPS) is 12.5. The first-order valence-corrected chi connectivity index (χ1v) is 9.92. The van der Waals surface area contributed by atoms with Crippen molar-refractivity contribution in [3.8, 4) is 11.5 Å². The van der Waals surface area contributed by atoms with Crippen LogP contribution in [0.15, 0.2) is 6.07 Å². The van der Waals surface area contributed by atoms with Crippen molar-refractivity contribution in [3.05, 3.63) is 22.8 Å². The molecule has 142 valence electrons. The van der Waals surface area contributed by atoms with Gasteiger partial charge in [-0.1, -0.05) is 59.8 Å². The standard InChI is InChI=1S/C22H36O3/c1-5-6-7-11-18-14-21(24)19(22(25)20(18)15-23)13-12-17(4)10-8-9-16(2)3/h14-17,24-25H,5-13H2,1-4H3/t17-/m1/s1. The third-order valence-corrected chi connectivity index (χ3v) is 5.04. The molecule has 3 heteroatoms. The molecule has 0 fully saturated rings. The Morgan fingerprint density at radius 1 is 1.00 bits per heavy atom. The van der Waals surface area contributed by atoms with Crippen molar-refractivity contribution in [2.45, 2.75) is 85.5 Å². The second kappa shape index (κ2) is 11.2. The largest absolute Gasteiger partial charge is 0.508 e. The van der Waals surface area contributed by atoms with E-state index in [9.17, 15) is 15.0 Å². The molecule has 0 spiro atoms. The molecule has 0 aliphatic carbocycles. The van der Waals surface area contributed by atoms with Gasteiger partial charge in [0.25, 0.3) is 0 Å². The van der Waals surface area contributed by atoms with Crippen molar-refractivity contribution in [2.24, 2.45) is 11.8 Å². The fraction of sp³-hybridized carbons (Fsp3) is 0.682. The minimum Gasteiger partial charge on any atom is -0.508 e. The van der Waals surface area contributed by atoms with Crippen LogP contribution in [0.25, 0.3) is 0 Å². The quantitative estimate of drug-likeness (QED) is 0.358. The first-order chi connectivity index (χ1) is 11.9. The summed E-state index contributed by atoms with van der Waals surface area (Å²) in [6, 6.07) is 1.68. The number of aldehydes is 1. The summed E-state index contributed by atoms with van der Waals surface area (Å²) >= 11 is 0. The molecular weight excluding hydrogens is 312 g/mol. The number of aryl methyl sites for hydroxylation is 1. The predicted molar refractivity (Wildman–Crippen MR) is 105 cm³/mol. The molecule has 25 heavy (non-hydrogen) atoms. The summed E-state index contributed by atoms with van der Waals surface area (Å²) < 4.78 is 0. The molecule has 0 bridgehead atoms. The first kappa shape index (κ1) is 21.5. The van der Waals surface area contributed by atoms with Crippen molar-refractivity contribution < 1.29 is 15.0 Å². The van der Waals surface area contributed by atoms with Crippen molar-refractivity contribution in [1.29, 1.82) is 0 Å². The zero-order valence-corrected chi connectivity index (χ0v) is 16.5. The molecule has 0 aromatic heterocycles. The van der Waals surface area contributed by atoms with Gasteiger partial charge in [0.15, 0.2) is 6.29 Å². The summed E-state index contributed by atoms with van der Waals surface area (Å²) in [7, 11) is 0. The van der Waals surface area contributed by atoms with E-state index >= 15 is 0 Å². The van der Waals surface area contributed by atoms with E-state index in [1.807, 2.05) is 0 Å². The van der Waals surface area contributed by atoms with Crippen LogP contribution in [0.1, 0.15) is 94.1 Å². The molecular formula is C22H36O3. The van der Waals surface area contributed by atoms with Crippen molar-refractivity contribution >= 4 is 6.29 Å². The highest BCUT2D eigenvalue weighted by atomic mass is 16.3. The number of carbonyl (C=O) groups excluding carboxylic acids is 1. The van der Waals surface area contributed by atoms with Crippen LogP contribution in [-0.2, 0) is 12.8 Å². The van der Waals surface area contributed by atoms with Gasteiger partial charge >= 0.3 is 0 Å². The lowest BCUT2D eigenvalue weighted by Crippen LogP contribution is -2.02. The summed E-state index contributed by atoms with van der Waals surface area (Å²) in [6.45, 7) is 8.82. The van der Waals surface area contributed by atoms with Crippen LogP contribution in [0.3, 0.4) is 0 Å². The number of hydrogen-bond acceptors (Lipinski definition) is 3. The third-order valence-electron chi connectivity index (χ3n) is 5.04. The third kappa shape index (κ3) is 7.09. The molecule has 0 amide bonds. The van der Waals surface area contributed by atoms with Crippen LogP contribution >= 0.6 is 0 Å².